The van der Waals surface area contributed by atoms with Crippen molar-refractivity contribution in [2.75, 3.05) is 13.1 Å². The van der Waals surface area contributed by atoms with Gasteiger partial charge in [0.2, 0.25) is 0 Å². The van der Waals surface area contributed by atoms with E-state index >= 15 is 0 Å². The van der Waals surface area contributed by atoms with E-state index < -0.39 is 0 Å². The van der Waals surface area contributed by atoms with Gasteiger partial charge in [0.25, 0.3) is 0 Å². The third-order valence-corrected chi connectivity index (χ3v) is 2.85. The Bertz CT molecular complexity index is 315. The summed E-state index contributed by atoms with van der Waals surface area (Å²) in [6.45, 7) is 4.25. The molecule has 0 amide bonds. The highest BCUT2D eigenvalue weighted by molar-refractivity contribution is 6.31. The molecule has 0 unspecified atom stereocenters. The summed E-state index contributed by atoms with van der Waals surface area (Å²) >= 11 is 5.98. The van der Waals surface area contributed by atoms with Crippen LogP contribution in [-0.2, 0) is 6.42 Å². The van der Waals surface area contributed by atoms with Crippen LogP contribution in [-0.4, -0.2) is 13.1 Å². The Labute approximate surface area is 102 Å². The van der Waals surface area contributed by atoms with Gasteiger partial charge in [0, 0.05) is 5.02 Å². The Hall–Kier alpha value is -0.600. The molecule has 90 valence electrons. The van der Waals surface area contributed by atoms with Gasteiger partial charge in [-0.05, 0) is 62.5 Å². The SMILES string of the molecule is CCCNCCCCc1cc(F)ccc1Cl. The normalized spacial score (nSPS) is 10.7. The molecule has 1 aromatic rings. The van der Waals surface area contributed by atoms with E-state index in [4.69, 9.17) is 11.6 Å². The molecule has 0 atom stereocenters. The fourth-order valence-electron chi connectivity index (χ4n) is 1.60. The second-order valence-corrected chi connectivity index (χ2v) is 4.35. The lowest BCUT2D eigenvalue weighted by Crippen LogP contribution is -2.15. The van der Waals surface area contributed by atoms with Gasteiger partial charge in [-0.15, -0.1) is 0 Å². The molecule has 0 spiro atoms. The zero-order chi connectivity index (χ0) is 11.8. The lowest BCUT2D eigenvalue weighted by Gasteiger charge is -2.05. The Morgan fingerprint density at radius 3 is 2.81 bits per heavy atom. The summed E-state index contributed by atoms with van der Waals surface area (Å²) in [7, 11) is 0. The summed E-state index contributed by atoms with van der Waals surface area (Å²) in [5, 5.41) is 4.01. The molecule has 0 aromatic heterocycles. The number of hydrogen-bond donors (Lipinski definition) is 1. The van der Waals surface area contributed by atoms with E-state index in [2.05, 4.69) is 12.2 Å². The summed E-state index contributed by atoms with van der Waals surface area (Å²) in [4.78, 5) is 0. The van der Waals surface area contributed by atoms with Crippen molar-refractivity contribution >= 4 is 11.6 Å². The molecule has 0 saturated heterocycles. The van der Waals surface area contributed by atoms with E-state index in [9.17, 15) is 4.39 Å². The zero-order valence-corrected chi connectivity index (χ0v) is 10.5. The summed E-state index contributed by atoms with van der Waals surface area (Å²) in [5.41, 5.74) is 0.914. The first kappa shape index (κ1) is 13.5. The number of unbranched alkanes of at least 4 members (excludes halogenated alkanes) is 1. The summed E-state index contributed by atoms with van der Waals surface area (Å²) in [6, 6.07) is 4.55. The highest BCUT2D eigenvalue weighted by Gasteiger charge is 2.01. The van der Waals surface area contributed by atoms with Crippen molar-refractivity contribution in [2.24, 2.45) is 0 Å². The van der Waals surface area contributed by atoms with Crippen molar-refractivity contribution in [3.05, 3.63) is 34.6 Å². The van der Waals surface area contributed by atoms with Crippen LogP contribution in [0.25, 0.3) is 0 Å². The number of nitrogens with one attached hydrogen (secondary N) is 1. The minimum atomic E-state index is -0.205. The maximum atomic E-state index is 13.0. The van der Waals surface area contributed by atoms with Crippen molar-refractivity contribution < 1.29 is 4.39 Å². The van der Waals surface area contributed by atoms with Crippen molar-refractivity contribution in [2.45, 2.75) is 32.6 Å². The minimum Gasteiger partial charge on any atom is -0.317 e. The number of rotatable bonds is 7. The number of aryl methyl sites for hydroxylation is 1. The molecule has 0 saturated carbocycles. The first-order valence-corrected chi connectivity index (χ1v) is 6.26. The quantitative estimate of drug-likeness (QED) is 0.719. The van der Waals surface area contributed by atoms with Gasteiger partial charge in [-0.2, -0.15) is 0 Å². The molecule has 1 nitrogen and oxygen atoms in total. The monoisotopic (exact) mass is 243 g/mol. The van der Waals surface area contributed by atoms with Gasteiger partial charge in [-0.3, -0.25) is 0 Å². The van der Waals surface area contributed by atoms with Crippen molar-refractivity contribution in [3.8, 4) is 0 Å². The standard InChI is InChI=1S/C13H19ClFN/c1-2-8-16-9-4-3-5-11-10-12(15)6-7-13(11)14/h6-7,10,16H,2-5,8-9H2,1H3. The van der Waals surface area contributed by atoms with E-state index in [-0.39, 0.29) is 5.82 Å². The van der Waals surface area contributed by atoms with Crippen LogP contribution in [0.15, 0.2) is 18.2 Å². The van der Waals surface area contributed by atoms with Crippen LogP contribution in [0, 0.1) is 5.82 Å². The van der Waals surface area contributed by atoms with E-state index in [0.717, 1.165) is 44.3 Å². The van der Waals surface area contributed by atoms with Crippen LogP contribution in [0.2, 0.25) is 5.02 Å². The third-order valence-electron chi connectivity index (χ3n) is 2.48. The summed E-state index contributed by atoms with van der Waals surface area (Å²) in [5.74, 6) is -0.205. The molecule has 0 heterocycles. The second kappa shape index (κ2) is 7.64. The smallest absolute Gasteiger partial charge is 0.123 e. The van der Waals surface area contributed by atoms with Gasteiger partial charge >= 0.3 is 0 Å². The first-order valence-electron chi connectivity index (χ1n) is 5.88. The molecule has 1 aromatic carbocycles. The molecular formula is C13H19ClFN. The highest BCUT2D eigenvalue weighted by Crippen LogP contribution is 2.18. The molecule has 1 rings (SSSR count). The number of hydrogen-bond acceptors (Lipinski definition) is 1. The Kier molecular flexibility index (Phi) is 6.43. The Morgan fingerprint density at radius 2 is 2.06 bits per heavy atom. The van der Waals surface area contributed by atoms with Gasteiger partial charge in [0.05, 0.1) is 0 Å². The maximum absolute atomic E-state index is 13.0. The molecule has 0 fully saturated rings. The predicted octanol–water partition coefficient (Wildman–Crippen LogP) is 3.80. The molecule has 0 radical (unpaired) electrons. The topological polar surface area (TPSA) is 12.0 Å². The summed E-state index contributed by atoms with van der Waals surface area (Å²) < 4.78 is 13.0. The third kappa shape index (κ3) is 4.95. The molecule has 0 aliphatic rings. The van der Waals surface area contributed by atoms with Gasteiger partial charge < -0.3 is 5.32 Å². The Morgan fingerprint density at radius 1 is 1.25 bits per heavy atom. The van der Waals surface area contributed by atoms with Gasteiger partial charge in [0.1, 0.15) is 5.82 Å². The largest absolute Gasteiger partial charge is 0.317 e. The fourth-order valence-corrected chi connectivity index (χ4v) is 1.81. The van der Waals surface area contributed by atoms with Crippen LogP contribution >= 0.6 is 11.6 Å². The lowest BCUT2D eigenvalue weighted by atomic mass is 10.1. The molecule has 0 aliphatic heterocycles. The maximum Gasteiger partial charge on any atom is 0.123 e. The Balaban J connectivity index is 2.23. The minimum absolute atomic E-state index is 0.205. The fraction of sp³-hybridized carbons (Fsp3) is 0.538. The van der Waals surface area contributed by atoms with Crippen LogP contribution in [0.4, 0.5) is 4.39 Å². The first-order chi connectivity index (χ1) is 7.74. The molecule has 0 aliphatic carbocycles. The van der Waals surface area contributed by atoms with Crippen LogP contribution < -0.4 is 5.32 Å². The van der Waals surface area contributed by atoms with E-state index in [1.54, 1.807) is 6.07 Å². The van der Waals surface area contributed by atoms with Gasteiger partial charge in [-0.1, -0.05) is 18.5 Å². The average molecular weight is 244 g/mol. The van der Waals surface area contributed by atoms with Gasteiger partial charge in [-0.25, -0.2) is 4.39 Å². The van der Waals surface area contributed by atoms with E-state index in [0.29, 0.717) is 5.02 Å². The van der Waals surface area contributed by atoms with Crippen molar-refractivity contribution in [3.63, 3.8) is 0 Å². The van der Waals surface area contributed by atoms with E-state index in [1.807, 2.05) is 0 Å². The lowest BCUT2D eigenvalue weighted by molar-refractivity contribution is 0.609. The van der Waals surface area contributed by atoms with Crippen molar-refractivity contribution in [1.29, 1.82) is 0 Å². The van der Waals surface area contributed by atoms with Crippen LogP contribution in [0.3, 0.4) is 0 Å². The van der Waals surface area contributed by atoms with Gasteiger partial charge in [0.15, 0.2) is 0 Å². The molecular weight excluding hydrogens is 225 g/mol. The predicted molar refractivity (Wildman–Crippen MR) is 67.5 cm³/mol. The number of benzene rings is 1. The zero-order valence-electron chi connectivity index (χ0n) is 9.73. The highest BCUT2D eigenvalue weighted by atomic mass is 35.5. The van der Waals surface area contributed by atoms with Crippen LogP contribution in [0.5, 0.6) is 0 Å². The number of halogens is 2. The molecule has 3 heteroatoms. The molecule has 16 heavy (non-hydrogen) atoms. The molecule has 1 N–H and O–H groups in total. The average Bonchev–Trinajstić information content (AvgIpc) is 2.28. The second-order valence-electron chi connectivity index (χ2n) is 3.94. The molecule has 0 bridgehead atoms. The summed E-state index contributed by atoms with van der Waals surface area (Å²) in [6.07, 6.45) is 4.16. The van der Waals surface area contributed by atoms with Crippen molar-refractivity contribution in [1.82, 2.24) is 5.32 Å². The van der Waals surface area contributed by atoms with E-state index in [1.165, 1.54) is 12.1 Å². The van der Waals surface area contributed by atoms with Crippen LogP contribution in [0.1, 0.15) is 31.7 Å².